The van der Waals surface area contributed by atoms with Gasteiger partial charge in [0.2, 0.25) is 0 Å². The molecule has 1 fully saturated rings. The van der Waals surface area contributed by atoms with Gasteiger partial charge in [0.05, 0.1) is 18.1 Å². The van der Waals surface area contributed by atoms with Crippen LogP contribution in [0.5, 0.6) is 0 Å². The third-order valence-electron chi connectivity index (χ3n) is 5.89. The molecule has 0 bridgehead atoms. The van der Waals surface area contributed by atoms with Gasteiger partial charge in [0.25, 0.3) is 0 Å². The summed E-state index contributed by atoms with van der Waals surface area (Å²) in [5, 5.41) is 0. The topological polar surface area (TPSA) is 51.8 Å². The zero-order valence-electron chi connectivity index (χ0n) is 17.2. The van der Waals surface area contributed by atoms with Crippen LogP contribution in [0.15, 0.2) is 47.6 Å². The van der Waals surface area contributed by atoms with Crippen molar-refractivity contribution in [3.05, 3.63) is 71.1 Å². The van der Waals surface area contributed by atoms with Crippen LogP contribution in [0, 0.1) is 11.6 Å². The van der Waals surface area contributed by atoms with Crippen molar-refractivity contribution in [1.82, 2.24) is 9.97 Å². The highest BCUT2D eigenvalue weighted by Gasteiger charge is 2.65. The average Bonchev–Trinajstić information content (AvgIpc) is 2.66. The predicted octanol–water partition coefficient (Wildman–Crippen LogP) is 7.71. The maximum Gasteiger partial charge on any atom is 0.310 e. The monoisotopic (exact) mass is 491 g/mol. The molecule has 3 aromatic rings. The first-order chi connectivity index (χ1) is 15.2. The number of hydrogen-bond donors (Lipinski definition) is 1. The molecule has 11 heteroatoms. The molecule has 4 rings (SSSR count). The van der Waals surface area contributed by atoms with Gasteiger partial charge in [-0.05, 0) is 66.5 Å². The smallest absolute Gasteiger partial charge is 0.310 e. The van der Waals surface area contributed by atoms with E-state index in [0.717, 1.165) is 24.8 Å². The third-order valence-corrected chi connectivity index (χ3v) is 7.03. The highest BCUT2D eigenvalue weighted by molar-refractivity contribution is 8.45. The number of nitrogens with zero attached hydrogens (tertiary/aromatic N) is 2. The van der Waals surface area contributed by atoms with Gasteiger partial charge in [0, 0.05) is 5.56 Å². The summed E-state index contributed by atoms with van der Waals surface area (Å²) in [5.74, 6) is -1.70. The summed E-state index contributed by atoms with van der Waals surface area (Å²) < 4.78 is 94.6. The SMILES string of the molecule is Nc1cnc(-c2ccc(C3CCC3)c(CCc3ccc(S(F)(F)(F)(F)F)cc3F)c2F)cn1. The lowest BCUT2D eigenvalue weighted by atomic mass is 9.77. The van der Waals surface area contributed by atoms with Crippen molar-refractivity contribution in [3.8, 4) is 11.3 Å². The highest BCUT2D eigenvalue weighted by atomic mass is 32.5. The maximum atomic E-state index is 15.5. The van der Waals surface area contributed by atoms with Gasteiger partial charge < -0.3 is 5.73 Å². The zero-order chi connectivity index (χ0) is 24.1. The van der Waals surface area contributed by atoms with Crippen LogP contribution in [-0.4, -0.2) is 9.97 Å². The van der Waals surface area contributed by atoms with Crippen molar-refractivity contribution in [3.63, 3.8) is 0 Å². The second-order valence-corrected chi connectivity index (χ2v) is 10.6. The van der Waals surface area contributed by atoms with E-state index in [1.165, 1.54) is 12.4 Å². The molecule has 0 unspecified atom stereocenters. The Kier molecular flexibility index (Phi) is 5.19. The van der Waals surface area contributed by atoms with Crippen molar-refractivity contribution in [2.24, 2.45) is 0 Å². The van der Waals surface area contributed by atoms with E-state index in [1.807, 2.05) is 0 Å². The van der Waals surface area contributed by atoms with E-state index in [9.17, 15) is 23.8 Å². The van der Waals surface area contributed by atoms with Crippen molar-refractivity contribution in [1.29, 1.82) is 0 Å². The van der Waals surface area contributed by atoms with Crippen molar-refractivity contribution < 1.29 is 28.2 Å². The summed E-state index contributed by atoms with van der Waals surface area (Å²) in [4.78, 5) is 5.69. The van der Waals surface area contributed by atoms with E-state index < -0.39 is 26.8 Å². The van der Waals surface area contributed by atoms with Gasteiger partial charge >= 0.3 is 10.2 Å². The molecule has 1 aromatic heterocycles. The van der Waals surface area contributed by atoms with Gasteiger partial charge in [-0.25, -0.2) is 13.8 Å². The van der Waals surface area contributed by atoms with Crippen LogP contribution in [0.2, 0.25) is 0 Å². The Morgan fingerprint density at radius 3 is 2.18 bits per heavy atom. The number of nitrogens with two attached hydrogens (primary N) is 1. The highest BCUT2D eigenvalue weighted by Crippen LogP contribution is 3.02. The minimum absolute atomic E-state index is 0.0272. The number of anilines is 1. The normalized spacial score (nSPS) is 16.7. The van der Waals surface area contributed by atoms with E-state index in [0.29, 0.717) is 11.6 Å². The number of benzene rings is 2. The molecule has 1 aliphatic carbocycles. The van der Waals surface area contributed by atoms with Crippen LogP contribution in [0.4, 0.5) is 34.0 Å². The standard InChI is InChI=1S/C22H20F7N3S/c23-19-10-15(33(25,26,27,28)29)6-4-14(19)5-7-17-16(13-2-1-3-13)8-9-18(22(17)24)20-11-32-21(30)12-31-20/h4,6,8-13H,1-3,5,7H2,(H2,30,32). The van der Waals surface area contributed by atoms with Crippen LogP contribution < -0.4 is 5.73 Å². The van der Waals surface area contributed by atoms with Crippen LogP contribution in [0.3, 0.4) is 0 Å². The third kappa shape index (κ3) is 4.92. The summed E-state index contributed by atoms with van der Waals surface area (Å²) >= 11 is 0. The minimum atomic E-state index is -9.99. The first-order valence-electron chi connectivity index (χ1n) is 10.1. The van der Waals surface area contributed by atoms with E-state index in [4.69, 9.17) is 5.73 Å². The second kappa shape index (κ2) is 7.34. The Labute approximate surface area is 185 Å². The van der Waals surface area contributed by atoms with Gasteiger partial charge in [0.15, 0.2) is 0 Å². The summed E-state index contributed by atoms with van der Waals surface area (Å²) in [7, 11) is -9.99. The molecule has 33 heavy (non-hydrogen) atoms. The Bertz CT molecular complexity index is 1210. The minimum Gasteiger partial charge on any atom is -0.382 e. The zero-order valence-corrected chi connectivity index (χ0v) is 18.0. The Morgan fingerprint density at radius 2 is 1.64 bits per heavy atom. The molecule has 178 valence electrons. The summed E-state index contributed by atoms with van der Waals surface area (Å²) in [6.07, 6.45) is 5.12. The molecule has 0 radical (unpaired) electrons. The lowest BCUT2D eigenvalue weighted by Crippen LogP contribution is -2.14. The fourth-order valence-electron chi connectivity index (χ4n) is 3.90. The first kappa shape index (κ1) is 23.3. The molecule has 2 aromatic carbocycles. The van der Waals surface area contributed by atoms with Gasteiger partial charge in [-0.1, -0.05) is 38.0 Å². The quantitative estimate of drug-likeness (QED) is 0.359. The molecule has 3 nitrogen and oxygen atoms in total. The van der Waals surface area contributed by atoms with Gasteiger partial charge in [-0.3, -0.25) is 4.98 Å². The molecule has 1 heterocycles. The first-order valence-corrected chi connectivity index (χ1v) is 12.1. The van der Waals surface area contributed by atoms with Crippen molar-refractivity contribution in [2.75, 3.05) is 5.73 Å². The Hall–Kier alpha value is -2.82. The lowest BCUT2D eigenvalue weighted by molar-refractivity contribution is 0.363. The number of aryl methyl sites for hydroxylation is 1. The molecule has 2 N–H and O–H groups in total. The predicted molar refractivity (Wildman–Crippen MR) is 114 cm³/mol. The number of rotatable bonds is 6. The molecule has 0 atom stereocenters. The van der Waals surface area contributed by atoms with Crippen molar-refractivity contribution in [2.45, 2.75) is 42.9 Å². The van der Waals surface area contributed by atoms with E-state index in [-0.39, 0.29) is 53.5 Å². The molecule has 1 saturated carbocycles. The molecule has 1 aliphatic rings. The van der Waals surface area contributed by atoms with Crippen LogP contribution >= 0.6 is 10.2 Å². The summed E-state index contributed by atoms with van der Waals surface area (Å²) in [6, 6.07) is 4.00. The van der Waals surface area contributed by atoms with Gasteiger partial charge in [-0.15, -0.1) is 0 Å². The van der Waals surface area contributed by atoms with E-state index in [1.54, 1.807) is 12.1 Å². The Balaban J connectivity index is 1.67. The molecule has 0 aliphatic heterocycles. The molecule has 0 spiro atoms. The number of aromatic nitrogens is 2. The number of hydrogen-bond acceptors (Lipinski definition) is 3. The number of nitrogen functional groups attached to an aromatic ring is 1. The van der Waals surface area contributed by atoms with Crippen LogP contribution in [-0.2, 0) is 12.8 Å². The maximum absolute atomic E-state index is 15.5. The summed E-state index contributed by atoms with van der Waals surface area (Å²) in [6.45, 7) is 0. The fraction of sp³-hybridized carbons (Fsp3) is 0.273. The Morgan fingerprint density at radius 1 is 0.909 bits per heavy atom. The second-order valence-electron chi connectivity index (χ2n) is 8.17. The molecular weight excluding hydrogens is 471 g/mol. The average molecular weight is 491 g/mol. The number of halogens is 7. The van der Waals surface area contributed by atoms with Gasteiger partial charge in [-0.2, -0.15) is 0 Å². The van der Waals surface area contributed by atoms with Crippen molar-refractivity contribution >= 4 is 16.0 Å². The fourth-order valence-corrected chi connectivity index (χ4v) is 4.55. The lowest BCUT2D eigenvalue weighted by Gasteiger charge is -2.40. The van der Waals surface area contributed by atoms with E-state index >= 15 is 4.39 Å². The van der Waals surface area contributed by atoms with Crippen LogP contribution in [0.25, 0.3) is 11.3 Å². The summed E-state index contributed by atoms with van der Waals surface area (Å²) in [5.41, 5.74) is 6.77. The van der Waals surface area contributed by atoms with Crippen LogP contribution in [0.1, 0.15) is 41.9 Å². The molecule has 0 saturated heterocycles. The molecular formula is C22H20F7N3S. The molecule has 0 amide bonds. The van der Waals surface area contributed by atoms with E-state index in [2.05, 4.69) is 9.97 Å². The largest absolute Gasteiger partial charge is 0.382 e. The van der Waals surface area contributed by atoms with Gasteiger partial charge in [0.1, 0.15) is 22.3 Å².